The van der Waals surface area contributed by atoms with Crippen LogP contribution >= 0.6 is 0 Å². The molecular formula is C15H25NO4. The highest BCUT2D eigenvalue weighted by molar-refractivity contribution is 5.78. The molecule has 114 valence electrons. The molecule has 0 aliphatic heterocycles. The first-order valence-electron chi connectivity index (χ1n) is 7.26. The summed E-state index contributed by atoms with van der Waals surface area (Å²) in [6.45, 7) is 6.12. The summed E-state index contributed by atoms with van der Waals surface area (Å²) >= 11 is 0. The van der Waals surface area contributed by atoms with Gasteiger partial charge in [-0.3, -0.25) is 4.79 Å². The minimum atomic E-state index is -0.483. The van der Waals surface area contributed by atoms with Crippen LogP contribution in [0.2, 0.25) is 0 Å². The molecular weight excluding hydrogens is 258 g/mol. The van der Waals surface area contributed by atoms with Crippen molar-refractivity contribution in [3.05, 3.63) is 0 Å². The van der Waals surface area contributed by atoms with Crippen molar-refractivity contribution >= 4 is 12.1 Å². The van der Waals surface area contributed by atoms with Crippen molar-refractivity contribution in [1.82, 2.24) is 5.32 Å². The van der Waals surface area contributed by atoms with Gasteiger partial charge in [-0.15, -0.1) is 0 Å². The molecule has 0 radical (unpaired) electrons. The Labute approximate surface area is 120 Å². The van der Waals surface area contributed by atoms with Crippen LogP contribution in [-0.4, -0.2) is 31.3 Å². The number of alkyl carbamates (subject to hydrolysis) is 1. The summed E-state index contributed by atoms with van der Waals surface area (Å²) in [5, 5.41) is 2.86. The van der Waals surface area contributed by atoms with E-state index in [-0.39, 0.29) is 22.9 Å². The Morgan fingerprint density at radius 2 is 1.75 bits per heavy atom. The summed E-state index contributed by atoms with van der Waals surface area (Å²) in [7, 11) is 1.45. The molecule has 2 saturated carbocycles. The van der Waals surface area contributed by atoms with Crippen molar-refractivity contribution in [3.8, 4) is 0 Å². The number of carbonyl (C=O) groups excluding carboxylic acids is 2. The smallest absolute Gasteiger partial charge is 0.407 e. The maximum absolute atomic E-state index is 11.9. The molecule has 0 unspecified atom stereocenters. The lowest BCUT2D eigenvalue weighted by molar-refractivity contribution is -0.152. The Hall–Kier alpha value is -1.26. The Kier molecular flexibility index (Phi) is 3.73. The molecule has 2 fully saturated rings. The Morgan fingerprint density at radius 1 is 1.15 bits per heavy atom. The van der Waals surface area contributed by atoms with E-state index in [0.717, 1.165) is 32.1 Å². The topological polar surface area (TPSA) is 64.6 Å². The van der Waals surface area contributed by atoms with Gasteiger partial charge in [-0.1, -0.05) is 0 Å². The van der Waals surface area contributed by atoms with Crippen LogP contribution in [0.3, 0.4) is 0 Å². The highest BCUT2D eigenvalue weighted by atomic mass is 16.6. The average Bonchev–Trinajstić information content (AvgIpc) is 2.91. The first kappa shape index (κ1) is 15.1. The SMILES string of the molecule is COC(=O)C12CCC(CNC(=O)OC(C)(C)C)(CC1)C2. The maximum atomic E-state index is 11.9. The highest BCUT2D eigenvalue weighted by Gasteiger charge is 2.58. The summed E-state index contributed by atoms with van der Waals surface area (Å²) in [4.78, 5) is 23.7. The molecule has 0 aromatic rings. The number of esters is 1. The van der Waals surface area contributed by atoms with Gasteiger partial charge in [0.15, 0.2) is 0 Å². The molecule has 5 heteroatoms. The standard InChI is InChI=1S/C15H25NO4/c1-13(2,3)20-12(18)16-10-14-5-7-15(9-14,8-6-14)11(17)19-4/h5-10H2,1-4H3,(H,16,18). The fourth-order valence-electron chi connectivity index (χ4n) is 3.64. The minimum Gasteiger partial charge on any atom is -0.469 e. The van der Waals surface area contributed by atoms with E-state index in [0.29, 0.717) is 6.54 Å². The van der Waals surface area contributed by atoms with Crippen LogP contribution in [0.15, 0.2) is 0 Å². The third-order valence-corrected chi connectivity index (χ3v) is 4.61. The van der Waals surface area contributed by atoms with Crippen molar-refractivity contribution in [2.24, 2.45) is 10.8 Å². The van der Waals surface area contributed by atoms with Gasteiger partial charge < -0.3 is 14.8 Å². The van der Waals surface area contributed by atoms with E-state index < -0.39 is 5.60 Å². The molecule has 2 rings (SSSR count). The van der Waals surface area contributed by atoms with Crippen molar-refractivity contribution in [2.75, 3.05) is 13.7 Å². The Balaban J connectivity index is 1.90. The monoisotopic (exact) mass is 283 g/mol. The molecule has 1 amide bonds. The number of nitrogens with one attached hydrogen (secondary N) is 1. The number of hydrogen-bond donors (Lipinski definition) is 1. The zero-order chi connectivity index (χ0) is 15.0. The molecule has 0 aromatic carbocycles. The van der Waals surface area contributed by atoms with Crippen LogP contribution < -0.4 is 5.32 Å². The fraction of sp³-hybridized carbons (Fsp3) is 0.867. The quantitative estimate of drug-likeness (QED) is 0.809. The van der Waals surface area contributed by atoms with Crippen molar-refractivity contribution in [2.45, 2.75) is 58.5 Å². The zero-order valence-corrected chi connectivity index (χ0v) is 12.9. The molecule has 0 saturated heterocycles. The first-order valence-corrected chi connectivity index (χ1v) is 7.26. The highest BCUT2D eigenvalue weighted by Crippen LogP contribution is 2.61. The van der Waals surface area contributed by atoms with E-state index >= 15 is 0 Å². The maximum Gasteiger partial charge on any atom is 0.407 e. The molecule has 1 N–H and O–H groups in total. The molecule has 20 heavy (non-hydrogen) atoms. The van der Waals surface area contributed by atoms with Crippen LogP contribution in [0.25, 0.3) is 0 Å². The number of hydrogen-bond acceptors (Lipinski definition) is 4. The number of carbonyl (C=O) groups is 2. The van der Waals surface area contributed by atoms with Gasteiger partial charge in [-0.25, -0.2) is 4.79 Å². The summed E-state index contributed by atoms with van der Waals surface area (Å²) < 4.78 is 10.2. The van der Waals surface area contributed by atoms with E-state index in [1.165, 1.54) is 7.11 Å². The zero-order valence-electron chi connectivity index (χ0n) is 12.9. The largest absolute Gasteiger partial charge is 0.469 e. The van der Waals surface area contributed by atoms with Crippen LogP contribution in [-0.2, 0) is 14.3 Å². The lowest BCUT2D eigenvalue weighted by Crippen LogP contribution is -2.38. The molecule has 2 aliphatic rings. The lowest BCUT2D eigenvalue weighted by atomic mass is 9.82. The predicted octanol–water partition coefficient (Wildman–Crippen LogP) is 2.63. The van der Waals surface area contributed by atoms with Crippen LogP contribution in [0, 0.1) is 10.8 Å². The van der Waals surface area contributed by atoms with E-state index in [9.17, 15) is 9.59 Å². The Morgan fingerprint density at radius 3 is 2.25 bits per heavy atom. The number of fused-ring (bicyclic) bond motifs is 2. The second-order valence-corrected chi connectivity index (χ2v) is 7.30. The first-order chi connectivity index (χ1) is 9.20. The van der Waals surface area contributed by atoms with Crippen molar-refractivity contribution in [3.63, 3.8) is 0 Å². The van der Waals surface area contributed by atoms with E-state index in [4.69, 9.17) is 9.47 Å². The molecule has 0 aromatic heterocycles. The third kappa shape index (κ3) is 2.91. The molecule has 0 spiro atoms. The van der Waals surface area contributed by atoms with Crippen molar-refractivity contribution < 1.29 is 19.1 Å². The normalized spacial score (nSPS) is 32.0. The predicted molar refractivity (Wildman–Crippen MR) is 74.2 cm³/mol. The van der Waals surface area contributed by atoms with Gasteiger partial charge in [-0.05, 0) is 58.3 Å². The summed E-state index contributed by atoms with van der Waals surface area (Å²) in [5.74, 6) is -0.0888. The van der Waals surface area contributed by atoms with Gasteiger partial charge in [0.25, 0.3) is 0 Å². The van der Waals surface area contributed by atoms with Crippen LogP contribution in [0.5, 0.6) is 0 Å². The number of ether oxygens (including phenoxy) is 2. The van der Waals surface area contributed by atoms with Gasteiger partial charge in [0.05, 0.1) is 12.5 Å². The lowest BCUT2D eigenvalue weighted by Gasteiger charge is -2.28. The molecule has 0 heterocycles. The summed E-state index contributed by atoms with van der Waals surface area (Å²) in [6.07, 6.45) is 4.12. The van der Waals surface area contributed by atoms with Crippen LogP contribution in [0.4, 0.5) is 4.79 Å². The van der Waals surface area contributed by atoms with Gasteiger partial charge in [0.2, 0.25) is 0 Å². The van der Waals surface area contributed by atoms with Gasteiger partial charge in [-0.2, -0.15) is 0 Å². The van der Waals surface area contributed by atoms with Gasteiger partial charge in [0, 0.05) is 6.54 Å². The molecule has 5 nitrogen and oxygen atoms in total. The van der Waals surface area contributed by atoms with E-state index in [1.54, 1.807) is 0 Å². The van der Waals surface area contributed by atoms with E-state index in [2.05, 4.69) is 5.32 Å². The average molecular weight is 283 g/mol. The number of rotatable bonds is 3. The molecule has 0 atom stereocenters. The molecule has 2 bridgehead atoms. The summed E-state index contributed by atoms with van der Waals surface area (Å²) in [5.41, 5.74) is -0.738. The van der Waals surface area contributed by atoms with Crippen LogP contribution in [0.1, 0.15) is 52.9 Å². The minimum absolute atomic E-state index is 0.0467. The van der Waals surface area contributed by atoms with Crippen molar-refractivity contribution in [1.29, 1.82) is 0 Å². The second-order valence-electron chi connectivity index (χ2n) is 7.30. The number of amides is 1. The second kappa shape index (κ2) is 4.93. The van der Waals surface area contributed by atoms with E-state index in [1.807, 2.05) is 20.8 Å². The fourth-order valence-corrected chi connectivity index (χ4v) is 3.64. The third-order valence-electron chi connectivity index (χ3n) is 4.61. The molecule has 2 aliphatic carbocycles. The van der Waals surface area contributed by atoms with Gasteiger partial charge in [0.1, 0.15) is 5.60 Å². The van der Waals surface area contributed by atoms with Gasteiger partial charge >= 0.3 is 12.1 Å². The number of methoxy groups -OCH3 is 1. The summed E-state index contributed by atoms with van der Waals surface area (Å²) in [6, 6.07) is 0. The Bertz CT molecular complexity index is 403.